The van der Waals surface area contributed by atoms with Gasteiger partial charge in [-0.1, -0.05) is 104 Å². The normalized spacial score (nSPS) is 13.5. The number of rotatable bonds is 23. The van der Waals surface area contributed by atoms with Crippen LogP contribution >= 0.6 is 0 Å². The lowest BCUT2D eigenvalue weighted by Gasteiger charge is -2.25. The van der Waals surface area contributed by atoms with E-state index in [0.29, 0.717) is 24.2 Å². The lowest BCUT2D eigenvalue weighted by atomic mass is 9.95. The number of aromatic hydroxyl groups is 1. The molecule has 0 spiro atoms. The molecule has 8 N–H and O–H groups in total. The monoisotopic (exact) mass is 831 g/mol. The number of ether oxygens (including phenoxy) is 1. The lowest BCUT2D eigenvalue weighted by molar-refractivity contribution is -0.142. The molecule has 0 aliphatic carbocycles. The molecule has 0 aliphatic heterocycles. The summed E-state index contributed by atoms with van der Waals surface area (Å²) in [6.07, 6.45) is 4.77. The maximum atomic E-state index is 14.1. The van der Waals surface area contributed by atoms with Gasteiger partial charge in [-0.2, -0.15) is 0 Å². The Morgan fingerprint density at radius 3 is 1.90 bits per heavy atom. The summed E-state index contributed by atoms with van der Waals surface area (Å²) in [6, 6.07) is 25.4. The minimum absolute atomic E-state index is 0.00796. The minimum Gasteiger partial charge on any atom is -0.508 e. The molecule has 0 aliphatic rings. The van der Waals surface area contributed by atoms with Gasteiger partial charge in [-0.15, -0.1) is 0 Å². The van der Waals surface area contributed by atoms with E-state index in [1.807, 2.05) is 86.7 Å². The minimum atomic E-state index is -1.36. The van der Waals surface area contributed by atoms with Crippen LogP contribution in [-0.4, -0.2) is 77.6 Å². The van der Waals surface area contributed by atoms with Crippen molar-refractivity contribution in [1.29, 1.82) is 0 Å². The zero-order chi connectivity index (χ0) is 44.3. The Balaban J connectivity index is 1.47. The Morgan fingerprint density at radius 2 is 1.28 bits per heavy atom. The van der Waals surface area contributed by atoms with E-state index in [0.717, 1.165) is 27.8 Å². The molecular formula is C48H57N5O8. The molecule has 4 aromatic carbocycles. The Bertz CT molecular complexity index is 2120. The maximum absolute atomic E-state index is 14.1. The van der Waals surface area contributed by atoms with Crippen LogP contribution in [0.15, 0.2) is 122 Å². The van der Waals surface area contributed by atoms with E-state index in [1.165, 1.54) is 12.1 Å². The van der Waals surface area contributed by atoms with Crippen molar-refractivity contribution in [2.45, 2.75) is 82.5 Å². The number of benzene rings is 4. The van der Waals surface area contributed by atoms with Crippen LogP contribution in [0.1, 0.15) is 65.5 Å². The SMILES string of the molecule is C=C(C=Cc1cc(C(C)C(=O)NCCCCC(NC(=O)C(Cc2ccccc2)NC(=O)C(N)Cc2ccccc2)C(=O)NC(Cc2ccc(O)cc2)C(=O)O)ccc1C)OC. The standard InChI is InChI=1S/C48H57N5O8/c1-31-18-22-38(30-37(31)23-19-32(2)61-4)33(3)44(55)50-26-12-11-17-41(46(57)53-43(48(59)60)29-36-20-24-39(54)25-21-36)51-47(58)42(28-35-15-9-6-10-16-35)52-45(56)40(49)27-34-13-7-5-8-14-34/h5-10,13-16,18-25,30,33,40-43,54H,2,11-12,17,26-29,49H2,1,3-4H3,(H,50,55)(H,51,58)(H,52,56)(H,53,57)(H,59,60). The van der Waals surface area contributed by atoms with E-state index >= 15 is 0 Å². The predicted molar refractivity (Wildman–Crippen MR) is 235 cm³/mol. The van der Waals surface area contributed by atoms with Gasteiger partial charge in [0.15, 0.2) is 0 Å². The first kappa shape index (κ1) is 47.0. The summed E-state index contributed by atoms with van der Waals surface area (Å²) < 4.78 is 5.12. The number of amides is 4. The van der Waals surface area contributed by atoms with Gasteiger partial charge in [0.25, 0.3) is 0 Å². The van der Waals surface area contributed by atoms with Crippen LogP contribution in [0.2, 0.25) is 0 Å². The van der Waals surface area contributed by atoms with Crippen LogP contribution in [-0.2, 0) is 48.0 Å². The van der Waals surface area contributed by atoms with E-state index in [-0.39, 0.29) is 43.9 Å². The topological polar surface area (TPSA) is 209 Å². The number of unbranched alkanes of at least 4 members (excludes halogenated alkanes) is 1. The second-order valence-electron chi connectivity index (χ2n) is 15.0. The molecule has 13 nitrogen and oxygen atoms in total. The summed E-state index contributed by atoms with van der Waals surface area (Å²) in [4.78, 5) is 67.0. The number of aliphatic carboxylic acids is 1. The molecule has 4 aromatic rings. The average molecular weight is 832 g/mol. The highest BCUT2D eigenvalue weighted by Crippen LogP contribution is 2.21. The first-order valence-corrected chi connectivity index (χ1v) is 20.3. The van der Waals surface area contributed by atoms with Crippen LogP contribution in [0, 0.1) is 6.92 Å². The van der Waals surface area contributed by atoms with Crippen molar-refractivity contribution in [1.82, 2.24) is 21.3 Å². The number of carbonyl (C=O) groups is 5. The van der Waals surface area contributed by atoms with Crippen molar-refractivity contribution in [3.63, 3.8) is 0 Å². The van der Waals surface area contributed by atoms with Gasteiger partial charge < -0.3 is 42.0 Å². The largest absolute Gasteiger partial charge is 0.508 e. The third-order valence-corrected chi connectivity index (χ3v) is 10.3. The number of phenols is 1. The fourth-order valence-electron chi connectivity index (χ4n) is 6.53. The molecule has 0 saturated carbocycles. The van der Waals surface area contributed by atoms with Gasteiger partial charge in [0, 0.05) is 19.4 Å². The van der Waals surface area contributed by atoms with Crippen molar-refractivity contribution < 1.29 is 38.9 Å². The van der Waals surface area contributed by atoms with E-state index in [1.54, 1.807) is 37.5 Å². The van der Waals surface area contributed by atoms with E-state index in [9.17, 15) is 34.2 Å². The van der Waals surface area contributed by atoms with Crippen LogP contribution < -0.4 is 27.0 Å². The van der Waals surface area contributed by atoms with Crippen LogP contribution in [0.4, 0.5) is 0 Å². The molecule has 0 saturated heterocycles. The van der Waals surface area contributed by atoms with E-state index in [4.69, 9.17) is 10.5 Å². The van der Waals surface area contributed by atoms with Crippen molar-refractivity contribution in [3.8, 4) is 5.75 Å². The van der Waals surface area contributed by atoms with Crippen LogP contribution in [0.25, 0.3) is 6.08 Å². The number of nitrogens with one attached hydrogen (secondary N) is 4. The van der Waals surface area contributed by atoms with Gasteiger partial charge in [0.2, 0.25) is 23.6 Å². The number of allylic oxidation sites excluding steroid dienone is 1. The third kappa shape index (κ3) is 15.4. The summed E-state index contributed by atoms with van der Waals surface area (Å²) in [5, 5.41) is 30.8. The second kappa shape index (κ2) is 23.8. The van der Waals surface area contributed by atoms with E-state index < -0.39 is 53.8 Å². The molecule has 0 bridgehead atoms. The van der Waals surface area contributed by atoms with Crippen molar-refractivity contribution in [3.05, 3.63) is 155 Å². The summed E-state index contributed by atoms with van der Waals surface area (Å²) in [5.41, 5.74) is 11.2. The molecule has 4 rings (SSSR count). The van der Waals surface area contributed by atoms with Crippen molar-refractivity contribution >= 4 is 35.7 Å². The smallest absolute Gasteiger partial charge is 0.326 e. The van der Waals surface area contributed by atoms with Gasteiger partial charge in [-0.05, 0) is 91.1 Å². The average Bonchev–Trinajstić information content (AvgIpc) is 3.25. The fourth-order valence-corrected chi connectivity index (χ4v) is 6.53. The highest BCUT2D eigenvalue weighted by Gasteiger charge is 2.31. The van der Waals surface area contributed by atoms with Crippen LogP contribution in [0.3, 0.4) is 0 Å². The molecule has 322 valence electrons. The quantitative estimate of drug-likeness (QED) is 0.0309. The number of aryl methyl sites for hydroxylation is 1. The molecule has 0 radical (unpaired) electrons. The molecular weight excluding hydrogens is 775 g/mol. The Kier molecular flexibility index (Phi) is 18.3. The van der Waals surface area contributed by atoms with Crippen molar-refractivity contribution in [2.75, 3.05) is 13.7 Å². The number of nitrogens with two attached hydrogens (primary N) is 1. The molecule has 0 aromatic heterocycles. The zero-order valence-corrected chi connectivity index (χ0v) is 34.9. The van der Waals surface area contributed by atoms with Gasteiger partial charge in [0.1, 0.15) is 29.6 Å². The Morgan fingerprint density at radius 1 is 0.721 bits per heavy atom. The molecule has 0 fully saturated rings. The first-order chi connectivity index (χ1) is 29.2. The summed E-state index contributed by atoms with van der Waals surface area (Å²) in [6.45, 7) is 7.87. The maximum Gasteiger partial charge on any atom is 0.326 e. The number of hydrogen-bond acceptors (Lipinski definition) is 8. The Labute approximate surface area is 357 Å². The van der Waals surface area contributed by atoms with Gasteiger partial charge in [-0.25, -0.2) is 4.79 Å². The number of methoxy groups -OCH3 is 1. The third-order valence-electron chi connectivity index (χ3n) is 10.3. The first-order valence-electron chi connectivity index (χ1n) is 20.3. The molecule has 5 atom stereocenters. The van der Waals surface area contributed by atoms with Gasteiger partial charge in [0.05, 0.1) is 19.1 Å². The number of phenolic OH excluding ortho intramolecular Hbond substituents is 1. The van der Waals surface area contributed by atoms with Crippen molar-refractivity contribution in [2.24, 2.45) is 5.73 Å². The molecule has 61 heavy (non-hydrogen) atoms. The highest BCUT2D eigenvalue weighted by atomic mass is 16.5. The fraction of sp³-hybridized carbons (Fsp3) is 0.312. The number of carbonyl (C=O) groups excluding carboxylic acids is 4. The van der Waals surface area contributed by atoms with Crippen LogP contribution in [0.5, 0.6) is 5.75 Å². The molecule has 13 heteroatoms. The van der Waals surface area contributed by atoms with E-state index in [2.05, 4.69) is 27.8 Å². The highest BCUT2D eigenvalue weighted by molar-refractivity contribution is 5.94. The molecule has 5 unspecified atom stereocenters. The summed E-state index contributed by atoms with van der Waals surface area (Å²) >= 11 is 0. The summed E-state index contributed by atoms with van der Waals surface area (Å²) in [5.74, 6) is -3.38. The molecule has 4 amide bonds. The number of carboxylic acids is 1. The number of carboxylic acid groups (broad SMARTS) is 1. The Hall–Kier alpha value is -6.73. The second-order valence-corrected chi connectivity index (χ2v) is 15.0. The summed E-state index contributed by atoms with van der Waals surface area (Å²) in [7, 11) is 1.54. The lowest BCUT2D eigenvalue weighted by Crippen LogP contribution is -2.58. The zero-order valence-electron chi connectivity index (χ0n) is 34.9. The van der Waals surface area contributed by atoms with Gasteiger partial charge >= 0.3 is 5.97 Å². The molecule has 0 heterocycles. The number of hydrogen-bond donors (Lipinski definition) is 7. The van der Waals surface area contributed by atoms with Gasteiger partial charge in [-0.3, -0.25) is 19.2 Å². The predicted octanol–water partition coefficient (Wildman–Crippen LogP) is 4.86.